The van der Waals surface area contributed by atoms with Crippen LogP contribution in [0.3, 0.4) is 0 Å². The Morgan fingerprint density at radius 2 is 2.04 bits per heavy atom. The van der Waals surface area contributed by atoms with Crippen LogP contribution in [0.2, 0.25) is 0 Å². The number of urea groups is 1. The third-order valence-corrected chi connectivity index (χ3v) is 4.83. The lowest BCUT2D eigenvalue weighted by Gasteiger charge is -2.36. The Bertz CT molecular complexity index is 592. The van der Waals surface area contributed by atoms with Crippen LogP contribution >= 0.6 is 0 Å². The second kappa shape index (κ2) is 7.23. The van der Waals surface area contributed by atoms with Gasteiger partial charge in [-0.1, -0.05) is 19.3 Å². The highest BCUT2D eigenvalue weighted by Crippen LogP contribution is 2.23. The molecule has 1 aliphatic heterocycles. The number of aromatic amines is 1. The topological polar surface area (TPSA) is 90.1 Å². The fourth-order valence-corrected chi connectivity index (χ4v) is 3.57. The van der Waals surface area contributed by atoms with Crippen molar-refractivity contribution in [3.05, 3.63) is 17.7 Å². The minimum Gasteiger partial charge on any atom is -0.352 e. The van der Waals surface area contributed by atoms with Gasteiger partial charge in [0.05, 0.1) is 24.3 Å². The highest BCUT2D eigenvalue weighted by molar-refractivity contribution is 5.88. The Labute approximate surface area is 142 Å². The number of aromatic nitrogens is 2. The summed E-state index contributed by atoms with van der Waals surface area (Å²) in [5, 5.41) is 6.05. The lowest BCUT2D eigenvalue weighted by atomic mass is 9.95. The summed E-state index contributed by atoms with van der Waals surface area (Å²) in [4.78, 5) is 34.4. The Morgan fingerprint density at radius 1 is 1.29 bits per heavy atom. The van der Waals surface area contributed by atoms with E-state index in [-0.39, 0.29) is 24.0 Å². The Morgan fingerprint density at radius 3 is 2.75 bits per heavy atom. The molecule has 0 aromatic carbocycles. The zero-order valence-corrected chi connectivity index (χ0v) is 14.5. The van der Waals surface area contributed by atoms with Crippen LogP contribution < -0.4 is 10.6 Å². The molecule has 132 valence electrons. The summed E-state index contributed by atoms with van der Waals surface area (Å²) < 4.78 is 0. The molecule has 0 saturated heterocycles. The zero-order valence-electron chi connectivity index (χ0n) is 14.5. The number of amides is 3. The summed E-state index contributed by atoms with van der Waals surface area (Å²) in [5.41, 5.74) is 1.79. The summed E-state index contributed by atoms with van der Waals surface area (Å²) in [6.07, 6.45) is 7.70. The van der Waals surface area contributed by atoms with Crippen LogP contribution in [0.4, 0.5) is 4.79 Å². The zero-order chi connectivity index (χ0) is 17.1. The number of H-pyrrole nitrogens is 1. The Kier molecular flexibility index (Phi) is 5.06. The highest BCUT2D eigenvalue weighted by Gasteiger charge is 2.36. The number of carbonyl (C=O) groups excluding carboxylic acids is 2. The molecule has 2 aliphatic rings. The van der Waals surface area contributed by atoms with Crippen LogP contribution in [0.5, 0.6) is 0 Å². The molecular weight excluding hydrogens is 306 g/mol. The van der Waals surface area contributed by atoms with Gasteiger partial charge in [-0.15, -0.1) is 0 Å². The molecule has 2 heterocycles. The van der Waals surface area contributed by atoms with Gasteiger partial charge >= 0.3 is 6.03 Å². The SMILES string of the molecule is CC(C)NC(=O)[C@@H]1Cc2nc[nH]c2CN1C(=O)NC1CCCCC1. The average Bonchev–Trinajstić information content (AvgIpc) is 3.01. The Balaban J connectivity index is 1.73. The summed E-state index contributed by atoms with van der Waals surface area (Å²) in [5.74, 6) is -0.113. The van der Waals surface area contributed by atoms with E-state index in [4.69, 9.17) is 0 Å². The highest BCUT2D eigenvalue weighted by atomic mass is 16.2. The quantitative estimate of drug-likeness (QED) is 0.786. The number of hydrogen-bond acceptors (Lipinski definition) is 3. The Hall–Kier alpha value is -2.05. The molecule has 1 fully saturated rings. The van der Waals surface area contributed by atoms with Crippen LogP contribution in [0.15, 0.2) is 6.33 Å². The first-order chi connectivity index (χ1) is 11.5. The van der Waals surface area contributed by atoms with Crippen molar-refractivity contribution in [2.45, 2.75) is 77.0 Å². The molecular formula is C17H27N5O2. The van der Waals surface area contributed by atoms with E-state index in [1.54, 1.807) is 11.2 Å². The first-order valence-corrected chi connectivity index (χ1v) is 8.93. The number of carbonyl (C=O) groups is 2. The lowest BCUT2D eigenvalue weighted by molar-refractivity contribution is -0.126. The largest absolute Gasteiger partial charge is 0.352 e. The molecule has 0 unspecified atom stereocenters. The van der Waals surface area contributed by atoms with E-state index in [1.807, 2.05) is 13.8 Å². The number of nitrogens with zero attached hydrogens (tertiary/aromatic N) is 2. The van der Waals surface area contributed by atoms with Crippen molar-refractivity contribution in [1.82, 2.24) is 25.5 Å². The number of rotatable bonds is 3. The predicted molar refractivity (Wildman–Crippen MR) is 90.3 cm³/mol. The average molecular weight is 333 g/mol. The molecule has 3 N–H and O–H groups in total. The van der Waals surface area contributed by atoms with Crippen molar-refractivity contribution in [3.8, 4) is 0 Å². The van der Waals surface area contributed by atoms with Crippen LogP contribution in [-0.2, 0) is 17.8 Å². The number of fused-ring (bicyclic) bond motifs is 1. The fourth-order valence-electron chi connectivity index (χ4n) is 3.57. The van der Waals surface area contributed by atoms with Gasteiger partial charge in [0.2, 0.25) is 5.91 Å². The van der Waals surface area contributed by atoms with Gasteiger partial charge in [-0.2, -0.15) is 0 Å². The maximum Gasteiger partial charge on any atom is 0.318 e. The summed E-state index contributed by atoms with van der Waals surface area (Å²) >= 11 is 0. The minimum atomic E-state index is -0.508. The number of hydrogen-bond donors (Lipinski definition) is 3. The first kappa shape index (κ1) is 16.8. The van der Waals surface area contributed by atoms with Crippen molar-refractivity contribution < 1.29 is 9.59 Å². The molecule has 3 rings (SSSR count). The smallest absolute Gasteiger partial charge is 0.318 e. The van der Waals surface area contributed by atoms with E-state index < -0.39 is 6.04 Å². The van der Waals surface area contributed by atoms with Crippen LogP contribution in [0.1, 0.15) is 57.3 Å². The monoisotopic (exact) mass is 333 g/mol. The van der Waals surface area contributed by atoms with Crippen molar-refractivity contribution in [1.29, 1.82) is 0 Å². The molecule has 3 amide bonds. The van der Waals surface area contributed by atoms with Crippen molar-refractivity contribution >= 4 is 11.9 Å². The van der Waals surface area contributed by atoms with Crippen LogP contribution in [0.25, 0.3) is 0 Å². The predicted octanol–water partition coefficient (Wildman–Crippen LogP) is 1.70. The summed E-state index contributed by atoms with van der Waals surface area (Å²) in [6, 6.07) is -0.387. The van der Waals surface area contributed by atoms with Gasteiger partial charge in [0.1, 0.15) is 6.04 Å². The number of nitrogens with one attached hydrogen (secondary N) is 3. The summed E-state index contributed by atoms with van der Waals surface area (Å²) in [6.45, 7) is 4.24. The van der Waals surface area contributed by atoms with Gasteiger partial charge in [0, 0.05) is 18.5 Å². The normalized spacial score (nSPS) is 21.5. The molecule has 7 heteroatoms. The third-order valence-electron chi connectivity index (χ3n) is 4.83. The standard InChI is InChI=1S/C17H27N5O2/c1-11(2)20-16(23)15-8-13-14(19-10-18-13)9-22(15)17(24)21-12-6-4-3-5-7-12/h10-12,15H,3-9H2,1-2H3,(H,18,19)(H,20,23)(H,21,24)/t15-/m0/s1. The molecule has 1 aromatic rings. The molecule has 1 atom stereocenters. The van der Waals surface area contributed by atoms with Gasteiger partial charge < -0.3 is 20.5 Å². The van der Waals surface area contributed by atoms with Crippen molar-refractivity contribution in [2.75, 3.05) is 0 Å². The third kappa shape index (κ3) is 3.71. The van der Waals surface area contributed by atoms with E-state index in [9.17, 15) is 9.59 Å². The van der Waals surface area contributed by atoms with Crippen LogP contribution in [0, 0.1) is 0 Å². The van der Waals surface area contributed by atoms with Crippen molar-refractivity contribution in [3.63, 3.8) is 0 Å². The number of imidazole rings is 1. The maximum atomic E-state index is 12.8. The van der Waals surface area contributed by atoms with Gasteiger partial charge in [-0.05, 0) is 26.7 Å². The molecule has 0 radical (unpaired) electrons. The molecule has 0 bridgehead atoms. The maximum absolute atomic E-state index is 12.8. The minimum absolute atomic E-state index is 0.0429. The molecule has 0 spiro atoms. The first-order valence-electron chi connectivity index (χ1n) is 8.93. The van der Waals surface area contributed by atoms with Gasteiger partial charge in [0.25, 0.3) is 0 Å². The molecule has 1 aromatic heterocycles. The van der Waals surface area contributed by atoms with E-state index in [1.165, 1.54) is 6.42 Å². The van der Waals surface area contributed by atoms with Crippen LogP contribution in [-0.4, -0.2) is 44.9 Å². The van der Waals surface area contributed by atoms with Gasteiger partial charge in [0.15, 0.2) is 0 Å². The van der Waals surface area contributed by atoms with E-state index in [2.05, 4.69) is 20.6 Å². The van der Waals surface area contributed by atoms with E-state index in [0.29, 0.717) is 13.0 Å². The fraction of sp³-hybridized carbons (Fsp3) is 0.706. The second-order valence-corrected chi connectivity index (χ2v) is 7.12. The molecule has 1 aliphatic carbocycles. The lowest BCUT2D eigenvalue weighted by Crippen LogP contribution is -2.57. The van der Waals surface area contributed by atoms with E-state index in [0.717, 1.165) is 37.1 Å². The molecule has 1 saturated carbocycles. The molecule has 24 heavy (non-hydrogen) atoms. The second-order valence-electron chi connectivity index (χ2n) is 7.12. The van der Waals surface area contributed by atoms with Crippen molar-refractivity contribution in [2.24, 2.45) is 0 Å². The van der Waals surface area contributed by atoms with E-state index >= 15 is 0 Å². The molecule has 7 nitrogen and oxygen atoms in total. The van der Waals surface area contributed by atoms with Gasteiger partial charge in [-0.25, -0.2) is 9.78 Å². The van der Waals surface area contributed by atoms with Gasteiger partial charge in [-0.3, -0.25) is 4.79 Å². The summed E-state index contributed by atoms with van der Waals surface area (Å²) in [7, 11) is 0.